The highest BCUT2D eigenvalue weighted by atomic mass is 35.5. The van der Waals surface area contributed by atoms with Crippen LogP contribution in [0.2, 0.25) is 5.02 Å². The lowest BCUT2D eigenvalue weighted by molar-refractivity contribution is -0.162. The maximum Gasteiger partial charge on any atom is 0.416 e. The van der Waals surface area contributed by atoms with Crippen molar-refractivity contribution in [3.05, 3.63) is 70.2 Å². The van der Waals surface area contributed by atoms with E-state index in [1.807, 2.05) is 24.0 Å². The molecule has 2 aliphatic heterocycles. The number of carbonyl (C=O) groups is 1. The summed E-state index contributed by atoms with van der Waals surface area (Å²) in [4.78, 5) is 16.5. The predicted octanol–water partition coefficient (Wildman–Crippen LogP) is 4.81. The van der Waals surface area contributed by atoms with Crippen LogP contribution in [-0.2, 0) is 17.4 Å². The Balaban J connectivity index is 1.29. The van der Waals surface area contributed by atoms with Gasteiger partial charge in [0.1, 0.15) is 0 Å². The summed E-state index contributed by atoms with van der Waals surface area (Å²) in [6, 6.07) is 12.7. The van der Waals surface area contributed by atoms with E-state index in [0.717, 1.165) is 24.7 Å². The zero-order valence-electron chi connectivity index (χ0n) is 16.0. The van der Waals surface area contributed by atoms with E-state index in [2.05, 4.69) is 4.90 Å². The highest BCUT2D eigenvalue weighted by Gasteiger charge is 2.53. The van der Waals surface area contributed by atoms with Gasteiger partial charge in [0, 0.05) is 42.7 Å². The van der Waals surface area contributed by atoms with Gasteiger partial charge in [0.25, 0.3) is 0 Å². The molecule has 2 fully saturated rings. The van der Waals surface area contributed by atoms with Crippen molar-refractivity contribution in [1.82, 2.24) is 9.80 Å². The molecule has 1 amide bonds. The quantitative estimate of drug-likeness (QED) is 0.706. The van der Waals surface area contributed by atoms with Crippen LogP contribution >= 0.6 is 11.6 Å². The number of nitrogens with zero attached hydrogens (tertiary/aromatic N) is 2. The topological polar surface area (TPSA) is 23.6 Å². The molecule has 2 aromatic rings. The van der Waals surface area contributed by atoms with E-state index >= 15 is 0 Å². The monoisotopic (exact) mass is 422 g/mol. The summed E-state index contributed by atoms with van der Waals surface area (Å²) in [5.41, 5.74) is 1.09. The summed E-state index contributed by atoms with van der Waals surface area (Å²) in [6.45, 7) is 4.96. The smallest absolute Gasteiger partial charge is 0.341 e. The number of alkyl halides is 3. The fraction of sp³-hybridized carbons (Fsp3) is 0.409. The first kappa shape index (κ1) is 20.2. The Morgan fingerprint density at radius 1 is 1.10 bits per heavy atom. The van der Waals surface area contributed by atoms with Crippen LogP contribution in [0.4, 0.5) is 13.2 Å². The normalized spacial score (nSPS) is 19.6. The first-order valence-electron chi connectivity index (χ1n) is 9.59. The van der Waals surface area contributed by atoms with Gasteiger partial charge < -0.3 is 4.90 Å². The lowest BCUT2D eigenvalue weighted by Crippen LogP contribution is -2.73. The molecule has 0 aliphatic carbocycles. The third-order valence-electron chi connectivity index (χ3n) is 5.99. The summed E-state index contributed by atoms with van der Waals surface area (Å²) in [5.74, 6) is 0.0994. The van der Waals surface area contributed by atoms with Crippen LogP contribution in [0, 0.1) is 5.41 Å². The zero-order chi connectivity index (χ0) is 20.8. The Hall–Kier alpha value is -2.05. The van der Waals surface area contributed by atoms with Gasteiger partial charge in [-0.3, -0.25) is 9.69 Å². The molecule has 2 heterocycles. The van der Waals surface area contributed by atoms with Gasteiger partial charge in [0.05, 0.1) is 12.0 Å². The van der Waals surface area contributed by atoms with Crippen LogP contribution in [0.5, 0.6) is 0 Å². The van der Waals surface area contributed by atoms with Gasteiger partial charge in [0.2, 0.25) is 5.91 Å². The van der Waals surface area contributed by atoms with E-state index in [4.69, 9.17) is 11.6 Å². The van der Waals surface area contributed by atoms with Crippen LogP contribution in [-0.4, -0.2) is 41.9 Å². The van der Waals surface area contributed by atoms with Crippen molar-refractivity contribution in [2.45, 2.75) is 25.6 Å². The minimum absolute atomic E-state index is 0.0817. The van der Waals surface area contributed by atoms with Crippen molar-refractivity contribution >= 4 is 17.5 Å². The second-order valence-corrected chi connectivity index (χ2v) is 8.69. The molecular formula is C22H22ClF3N2O. The van der Waals surface area contributed by atoms with Crippen LogP contribution < -0.4 is 0 Å². The number of hydrogen-bond donors (Lipinski definition) is 0. The average Bonchev–Trinajstić information content (AvgIpc) is 2.60. The molecular weight excluding hydrogens is 401 g/mol. The third-order valence-corrected chi connectivity index (χ3v) is 6.25. The number of rotatable bonds is 4. The molecule has 0 aromatic heterocycles. The summed E-state index contributed by atoms with van der Waals surface area (Å²) >= 11 is 5.87. The molecule has 29 heavy (non-hydrogen) atoms. The second kappa shape index (κ2) is 7.33. The zero-order valence-corrected chi connectivity index (χ0v) is 16.8. The largest absolute Gasteiger partial charge is 0.416 e. The molecule has 0 saturated carbocycles. The highest BCUT2D eigenvalue weighted by Crippen LogP contribution is 2.44. The van der Waals surface area contributed by atoms with Crippen molar-refractivity contribution < 1.29 is 18.0 Å². The van der Waals surface area contributed by atoms with Gasteiger partial charge in [0.15, 0.2) is 0 Å². The molecule has 2 aromatic carbocycles. The standard InChI is InChI=1S/C22H22ClF3N2O/c1-15(17-3-2-4-18(10-17)22(24,25)26)27-11-21(12-27)13-28(14-21)20(29)9-16-5-7-19(23)8-6-16/h2-8,10,15H,9,11-14H2,1H3. The SMILES string of the molecule is CC(c1cccc(C(F)(F)F)c1)N1CC2(CN(C(=O)Cc3ccc(Cl)cc3)C2)C1. The van der Waals surface area contributed by atoms with E-state index in [0.29, 0.717) is 30.1 Å². The van der Waals surface area contributed by atoms with Gasteiger partial charge in [-0.25, -0.2) is 0 Å². The minimum Gasteiger partial charge on any atom is -0.341 e. The van der Waals surface area contributed by atoms with Gasteiger partial charge in [-0.15, -0.1) is 0 Å². The fourth-order valence-electron chi connectivity index (χ4n) is 4.30. The van der Waals surface area contributed by atoms with Gasteiger partial charge in [-0.2, -0.15) is 13.2 Å². The van der Waals surface area contributed by atoms with E-state index in [-0.39, 0.29) is 17.4 Å². The number of halogens is 4. The van der Waals surface area contributed by atoms with Crippen molar-refractivity contribution in [2.75, 3.05) is 26.2 Å². The highest BCUT2D eigenvalue weighted by molar-refractivity contribution is 6.30. The van der Waals surface area contributed by atoms with Crippen molar-refractivity contribution in [3.63, 3.8) is 0 Å². The van der Waals surface area contributed by atoms with Crippen LogP contribution in [0.15, 0.2) is 48.5 Å². The number of amides is 1. The molecule has 154 valence electrons. The second-order valence-electron chi connectivity index (χ2n) is 8.26. The van der Waals surface area contributed by atoms with E-state index < -0.39 is 11.7 Å². The van der Waals surface area contributed by atoms with Gasteiger partial charge in [-0.1, -0.05) is 35.9 Å². The van der Waals surface area contributed by atoms with E-state index in [9.17, 15) is 18.0 Å². The third kappa shape index (κ3) is 4.14. The lowest BCUT2D eigenvalue weighted by atomic mass is 9.71. The Labute approximate surface area is 173 Å². The van der Waals surface area contributed by atoms with Gasteiger partial charge >= 0.3 is 6.18 Å². The molecule has 2 aliphatic rings. The molecule has 1 atom stereocenters. The minimum atomic E-state index is -4.33. The van der Waals surface area contributed by atoms with Crippen molar-refractivity contribution in [1.29, 1.82) is 0 Å². The van der Waals surface area contributed by atoms with Crippen molar-refractivity contribution in [3.8, 4) is 0 Å². The Morgan fingerprint density at radius 3 is 2.38 bits per heavy atom. The maximum atomic E-state index is 13.0. The molecule has 2 saturated heterocycles. The molecule has 3 nitrogen and oxygen atoms in total. The first-order chi connectivity index (χ1) is 13.7. The predicted molar refractivity (Wildman–Crippen MR) is 106 cm³/mol. The summed E-state index contributed by atoms with van der Waals surface area (Å²) < 4.78 is 38.9. The fourth-order valence-corrected chi connectivity index (χ4v) is 4.43. The number of carbonyl (C=O) groups excluding carboxylic acids is 1. The molecule has 1 spiro atoms. The number of hydrogen-bond acceptors (Lipinski definition) is 2. The molecule has 4 rings (SSSR count). The number of benzene rings is 2. The van der Waals surface area contributed by atoms with Crippen LogP contribution in [0.25, 0.3) is 0 Å². The van der Waals surface area contributed by atoms with Crippen LogP contribution in [0.1, 0.15) is 29.7 Å². The Bertz CT molecular complexity index is 899. The van der Waals surface area contributed by atoms with E-state index in [1.165, 1.54) is 12.1 Å². The number of likely N-dealkylation sites (tertiary alicyclic amines) is 2. The van der Waals surface area contributed by atoms with E-state index in [1.54, 1.807) is 18.2 Å². The van der Waals surface area contributed by atoms with Crippen LogP contribution in [0.3, 0.4) is 0 Å². The summed E-state index contributed by atoms with van der Waals surface area (Å²) in [7, 11) is 0. The molecule has 7 heteroatoms. The molecule has 1 unspecified atom stereocenters. The maximum absolute atomic E-state index is 13.0. The lowest BCUT2D eigenvalue weighted by Gasteiger charge is -2.61. The van der Waals surface area contributed by atoms with Crippen molar-refractivity contribution in [2.24, 2.45) is 5.41 Å². The van der Waals surface area contributed by atoms with Gasteiger partial charge in [-0.05, 0) is 42.3 Å². The molecule has 0 N–H and O–H groups in total. The average molecular weight is 423 g/mol. The Morgan fingerprint density at radius 2 is 1.76 bits per heavy atom. The molecule has 0 bridgehead atoms. The molecule has 0 radical (unpaired) electrons. The first-order valence-corrected chi connectivity index (χ1v) is 9.96. The Kier molecular flexibility index (Phi) is 5.11. The summed E-state index contributed by atoms with van der Waals surface area (Å²) in [6.07, 6.45) is -3.97. The summed E-state index contributed by atoms with van der Waals surface area (Å²) in [5, 5.41) is 0.647.